The molecule has 0 saturated heterocycles. The van der Waals surface area contributed by atoms with Gasteiger partial charge < -0.3 is 5.32 Å². The Kier molecular flexibility index (Phi) is 2.95. The lowest BCUT2D eigenvalue weighted by Gasteiger charge is -2.04. The van der Waals surface area contributed by atoms with Crippen molar-refractivity contribution in [3.63, 3.8) is 0 Å². The average molecular weight is 200 g/mol. The van der Waals surface area contributed by atoms with Crippen molar-refractivity contribution in [2.24, 2.45) is 11.8 Å². The summed E-state index contributed by atoms with van der Waals surface area (Å²) < 4.78 is 0. The Labute approximate surface area is 85.5 Å². The lowest BCUT2D eigenvalue weighted by atomic mass is 10.0. The third-order valence-electron chi connectivity index (χ3n) is 3.46. The van der Waals surface area contributed by atoms with Crippen molar-refractivity contribution in [1.29, 1.82) is 0 Å². The molecule has 1 N–H and O–H groups in total. The molecule has 0 aromatic rings. The standard InChI is InChI=1S/C11H18ClN/c1-8(6-12)7-13-11-9-4-2-3-5-10(9)11/h6,9-11,13H,2-5,7H2,1H3/b8-6+. The molecule has 2 aliphatic carbocycles. The van der Waals surface area contributed by atoms with Crippen molar-refractivity contribution in [3.05, 3.63) is 11.1 Å². The predicted molar refractivity (Wildman–Crippen MR) is 56.8 cm³/mol. The average Bonchev–Trinajstić information content (AvgIpc) is 2.88. The Morgan fingerprint density at radius 3 is 2.54 bits per heavy atom. The molecule has 0 aromatic carbocycles. The molecule has 0 radical (unpaired) electrons. The van der Waals surface area contributed by atoms with Gasteiger partial charge in [-0.25, -0.2) is 0 Å². The van der Waals surface area contributed by atoms with Crippen molar-refractivity contribution < 1.29 is 0 Å². The zero-order valence-electron chi connectivity index (χ0n) is 8.22. The van der Waals surface area contributed by atoms with Crippen LogP contribution in [0.5, 0.6) is 0 Å². The van der Waals surface area contributed by atoms with E-state index in [-0.39, 0.29) is 0 Å². The second-order valence-electron chi connectivity index (χ2n) is 4.47. The van der Waals surface area contributed by atoms with Crippen LogP contribution in [0.15, 0.2) is 11.1 Å². The van der Waals surface area contributed by atoms with Crippen LogP contribution in [-0.2, 0) is 0 Å². The van der Waals surface area contributed by atoms with E-state index < -0.39 is 0 Å². The van der Waals surface area contributed by atoms with E-state index in [9.17, 15) is 0 Å². The SMILES string of the molecule is C/C(=C\Cl)CNC1C2CCCCC21. The fourth-order valence-electron chi connectivity index (χ4n) is 2.61. The van der Waals surface area contributed by atoms with Crippen LogP contribution >= 0.6 is 11.6 Å². The molecule has 2 fully saturated rings. The number of rotatable bonds is 3. The van der Waals surface area contributed by atoms with Gasteiger partial charge >= 0.3 is 0 Å². The molecule has 2 saturated carbocycles. The molecule has 0 heterocycles. The summed E-state index contributed by atoms with van der Waals surface area (Å²) in [5, 5.41) is 3.60. The summed E-state index contributed by atoms with van der Waals surface area (Å²) in [5.74, 6) is 1.99. The summed E-state index contributed by atoms with van der Waals surface area (Å²) in [6.45, 7) is 3.05. The first-order chi connectivity index (χ1) is 6.33. The third kappa shape index (κ3) is 2.08. The summed E-state index contributed by atoms with van der Waals surface area (Å²) in [4.78, 5) is 0. The molecule has 0 aromatic heterocycles. The molecule has 0 spiro atoms. The second-order valence-corrected chi connectivity index (χ2v) is 4.69. The number of nitrogens with one attached hydrogen (secondary N) is 1. The highest BCUT2D eigenvalue weighted by Crippen LogP contribution is 2.49. The summed E-state index contributed by atoms with van der Waals surface area (Å²) in [6.07, 6.45) is 5.80. The van der Waals surface area contributed by atoms with E-state index in [4.69, 9.17) is 11.6 Å². The van der Waals surface area contributed by atoms with E-state index in [1.807, 2.05) is 0 Å². The maximum absolute atomic E-state index is 5.61. The van der Waals surface area contributed by atoms with Gasteiger partial charge in [-0.05, 0) is 37.2 Å². The molecule has 2 unspecified atom stereocenters. The third-order valence-corrected chi connectivity index (χ3v) is 3.83. The topological polar surface area (TPSA) is 12.0 Å². The molecule has 2 aliphatic rings. The van der Waals surface area contributed by atoms with Crippen LogP contribution in [0.3, 0.4) is 0 Å². The Morgan fingerprint density at radius 2 is 2.00 bits per heavy atom. The molecule has 2 rings (SSSR count). The molecule has 13 heavy (non-hydrogen) atoms. The van der Waals surface area contributed by atoms with E-state index in [1.165, 1.54) is 31.3 Å². The Morgan fingerprint density at radius 1 is 1.38 bits per heavy atom. The number of hydrogen-bond acceptors (Lipinski definition) is 1. The van der Waals surface area contributed by atoms with Crippen LogP contribution in [-0.4, -0.2) is 12.6 Å². The van der Waals surface area contributed by atoms with E-state index in [0.717, 1.165) is 24.4 Å². The van der Waals surface area contributed by atoms with Gasteiger partial charge in [0.05, 0.1) is 0 Å². The fraction of sp³-hybridized carbons (Fsp3) is 0.818. The van der Waals surface area contributed by atoms with Crippen LogP contribution < -0.4 is 5.32 Å². The van der Waals surface area contributed by atoms with E-state index >= 15 is 0 Å². The van der Waals surface area contributed by atoms with Gasteiger partial charge in [0.2, 0.25) is 0 Å². The normalized spacial score (nSPS) is 38.6. The van der Waals surface area contributed by atoms with Crippen LogP contribution in [0.25, 0.3) is 0 Å². The molecule has 2 atom stereocenters. The fourth-order valence-corrected chi connectivity index (χ4v) is 2.69. The van der Waals surface area contributed by atoms with Crippen LogP contribution in [0.1, 0.15) is 32.6 Å². The van der Waals surface area contributed by atoms with Gasteiger partial charge in [0.1, 0.15) is 0 Å². The maximum atomic E-state index is 5.61. The van der Waals surface area contributed by atoms with Gasteiger partial charge in [0, 0.05) is 18.1 Å². The van der Waals surface area contributed by atoms with Gasteiger partial charge in [-0.1, -0.05) is 24.4 Å². The highest BCUT2D eigenvalue weighted by molar-refractivity contribution is 6.25. The molecule has 74 valence electrons. The first kappa shape index (κ1) is 9.54. The van der Waals surface area contributed by atoms with Crippen LogP contribution in [0.2, 0.25) is 0 Å². The minimum absolute atomic E-state index is 0.814. The van der Waals surface area contributed by atoms with Gasteiger partial charge in [-0.2, -0.15) is 0 Å². The zero-order valence-corrected chi connectivity index (χ0v) is 8.98. The van der Waals surface area contributed by atoms with Gasteiger partial charge in [-0.15, -0.1) is 0 Å². The second kappa shape index (κ2) is 4.02. The first-order valence-electron chi connectivity index (χ1n) is 5.32. The number of halogens is 1. The quantitative estimate of drug-likeness (QED) is 0.737. The lowest BCUT2D eigenvalue weighted by molar-refractivity contribution is 0.480. The van der Waals surface area contributed by atoms with E-state index in [0.29, 0.717) is 0 Å². The lowest BCUT2D eigenvalue weighted by Crippen LogP contribution is -2.21. The van der Waals surface area contributed by atoms with Crippen molar-refractivity contribution in [1.82, 2.24) is 5.32 Å². The van der Waals surface area contributed by atoms with Crippen molar-refractivity contribution in [2.75, 3.05) is 6.54 Å². The Bertz CT molecular complexity index is 200. The van der Waals surface area contributed by atoms with E-state index in [1.54, 1.807) is 5.54 Å². The largest absolute Gasteiger partial charge is 0.310 e. The number of fused-ring (bicyclic) bond motifs is 1. The summed E-state index contributed by atoms with van der Waals surface area (Å²) >= 11 is 5.61. The molecular formula is C11H18ClN. The predicted octanol–water partition coefficient (Wildman–Crippen LogP) is 2.91. The molecule has 2 heteroatoms. The minimum atomic E-state index is 0.814. The molecule has 0 aliphatic heterocycles. The Hall–Kier alpha value is -0.0100. The Balaban J connectivity index is 1.73. The van der Waals surface area contributed by atoms with Crippen molar-refractivity contribution in [3.8, 4) is 0 Å². The zero-order chi connectivity index (χ0) is 9.26. The van der Waals surface area contributed by atoms with Crippen LogP contribution in [0.4, 0.5) is 0 Å². The van der Waals surface area contributed by atoms with Crippen LogP contribution in [0, 0.1) is 11.8 Å². The number of hydrogen-bond donors (Lipinski definition) is 1. The molecular weight excluding hydrogens is 182 g/mol. The van der Waals surface area contributed by atoms with Crippen molar-refractivity contribution >= 4 is 11.6 Å². The molecule has 1 nitrogen and oxygen atoms in total. The van der Waals surface area contributed by atoms with Crippen molar-refractivity contribution in [2.45, 2.75) is 38.6 Å². The summed E-state index contributed by atoms with van der Waals surface area (Å²) in [5.41, 5.74) is 2.92. The smallest absolute Gasteiger partial charge is 0.0176 e. The van der Waals surface area contributed by atoms with Gasteiger partial charge in [0.15, 0.2) is 0 Å². The minimum Gasteiger partial charge on any atom is -0.310 e. The molecule has 0 bridgehead atoms. The maximum Gasteiger partial charge on any atom is 0.0176 e. The van der Waals surface area contributed by atoms with Gasteiger partial charge in [-0.3, -0.25) is 0 Å². The first-order valence-corrected chi connectivity index (χ1v) is 5.76. The summed E-state index contributed by atoms with van der Waals surface area (Å²) in [7, 11) is 0. The summed E-state index contributed by atoms with van der Waals surface area (Å²) in [6, 6.07) is 0.814. The highest BCUT2D eigenvalue weighted by atomic mass is 35.5. The monoisotopic (exact) mass is 199 g/mol. The highest BCUT2D eigenvalue weighted by Gasteiger charge is 2.49. The van der Waals surface area contributed by atoms with E-state index in [2.05, 4.69) is 12.2 Å². The molecule has 0 amide bonds. The van der Waals surface area contributed by atoms with Gasteiger partial charge in [0.25, 0.3) is 0 Å².